The van der Waals surface area contributed by atoms with Crippen molar-refractivity contribution in [2.24, 2.45) is 17.6 Å². The summed E-state index contributed by atoms with van der Waals surface area (Å²) in [5, 5.41) is 6.33. The van der Waals surface area contributed by atoms with Crippen LogP contribution in [0.4, 0.5) is 5.69 Å². The zero-order chi connectivity index (χ0) is 17.0. The molecular weight excluding hydrogens is 290 g/mol. The molecule has 23 heavy (non-hydrogen) atoms. The average molecular weight is 317 g/mol. The van der Waals surface area contributed by atoms with E-state index in [-0.39, 0.29) is 11.9 Å². The molecule has 0 radical (unpaired) electrons. The molecule has 2 amide bonds. The maximum absolute atomic E-state index is 12.3. The number of carbonyl (C=O) groups excluding carboxylic acids is 2. The van der Waals surface area contributed by atoms with Crippen molar-refractivity contribution in [1.29, 1.82) is 0 Å². The molecular formula is C18H27N3O2. The normalized spacial score (nSPS) is 25.6. The third-order valence-corrected chi connectivity index (χ3v) is 5.00. The number of carbonyl (C=O) groups is 2. The van der Waals surface area contributed by atoms with Crippen molar-refractivity contribution in [3.05, 3.63) is 29.8 Å². The smallest absolute Gasteiger partial charge is 0.248 e. The molecule has 5 nitrogen and oxygen atoms in total. The highest BCUT2D eigenvalue weighted by Gasteiger charge is 2.29. The van der Waals surface area contributed by atoms with Crippen molar-refractivity contribution in [3.8, 4) is 0 Å². The van der Waals surface area contributed by atoms with Crippen LogP contribution in [-0.2, 0) is 4.79 Å². The van der Waals surface area contributed by atoms with E-state index in [1.807, 2.05) is 6.92 Å². The van der Waals surface area contributed by atoms with Gasteiger partial charge < -0.3 is 16.4 Å². The van der Waals surface area contributed by atoms with E-state index in [0.717, 1.165) is 6.42 Å². The Morgan fingerprint density at radius 2 is 1.83 bits per heavy atom. The summed E-state index contributed by atoms with van der Waals surface area (Å²) in [6, 6.07) is 6.73. The number of hydrogen-bond donors (Lipinski definition) is 3. The molecule has 0 bridgehead atoms. The summed E-state index contributed by atoms with van der Waals surface area (Å²) in [7, 11) is 0. The van der Waals surface area contributed by atoms with Gasteiger partial charge in [-0.2, -0.15) is 0 Å². The summed E-state index contributed by atoms with van der Waals surface area (Å²) < 4.78 is 0. The number of primary amides is 1. The van der Waals surface area contributed by atoms with Crippen molar-refractivity contribution in [3.63, 3.8) is 0 Å². The minimum atomic E-state index is -0.474. The maximum atomic E-state index is 12.3. The van der Waals surface area contributed by atoms with Gasteiger partial charge in [0.25, 0.3) is 0 Å². The molecule has 1 aromatic rings. The number of rotatable bonds is 5. The summed E-state index contributed by atoms with van der Waals surface area (Å²) in [5.74, 6) is 0.729. The SMILES string of the molecule is C[C@@H]1[C@@H](C)CCC[C@H]1N[C@@H](C)C(=O)Nc1ccc(C(N)=O)cc1. The summed E-state index contributed by atoms with van der Waals surface area (Å²) >= 11 is 0. The molecule has 0 aliphatic heterocycles. The fourth-order valence-electron chi connectivity index (χ4n) is 3.18. The van der Waals surface area contributed by atoms with Crippen LogP contribution in [0.5, 0.6) is 0 Å². The second-order valence-corrected chi connectivity index (χ2v) is 6.69. The van der Waals surface area contributed by atoms with E-state index in [2.05, 4.69) is 24.5 Å². The van der Waals surface area contributed by atoms with E-state index in [4.69, 9.17) is 5.73 Å². The second-order valence-electron chi connectivity index (χ2n) is 6.69. The molecule has 5 heteroatoms. The van der Waals surface area contributed by atoms with Gasteiger partial charge in [0, 0.05) is 17.3 Å². The number of hydrogen-bond acceptors (Lipinski definition) is 3. The number of nitrogens with one attached hydrogen (secondary N) is 2. The molecule has 1 aliphatic rings. The van der Waals surface area contributed by atoms with Gasteiger partial charge in [-0.25, -0.2) is 0 Å². The molecule has 0 saturated heterocycles. The van der Waals surface area contributed by atoms with Gasteiger partial charge in [-0.3, -0.25) is 9.59 Å². The van der Waals surface area contributed by atoms with Gasteiger partial charge in [-0.1, -0.05) is 26.7 Å². The van der Waals surface area contributed by atoms with Crippen molar-refractivity contribution in [2.45, 2.75) is 52.1 Å². The summed E-state index contributed by atoms with van der Waals surface area (Å²) in [6.45, 7) is 6.43. The van der Waals surface area contributed by atoms with Gasteiger partial charge in [0.1, 0.15) is 0 Å². The first-order valence-electron chi connectivity index (χ1n) is 8.35. The largest absolute Gasteiger partial charge is 0.366 e. The predicted octanol–water partition coefficient (Wildman–Crippen LogP) is 2.53. The number of amides is 2. The topological polar surface area (TPSA) is 84.2 Å². The molecule has 0 unspecified atom stereocenters. The van der Waals surface area contributed by atoms with Gasteiger partial charge >= 0.3 is 0 Å². The highest BCUT2D eigenvalue weighted by atomic mass is 16.2. The Morgan fingerprint density at radius 1 is 1.17 bits per heavy atom. The van der Waals surface area contributed by atoms with Gasteiger partial charge in [0.05, 0.1) is 6.04 Å². The lowest BCUT2D eigenvalue weighted by molar-refractivity contribution is -0.118. The molecule has 0 aromatic heterocycles. The standard InChI is InChI=1S/C18H27N3O2/c1-11-5-4-6-16(12(11)2)20-13(3)18(23)21-15-9-7-14(8-10-15)17(19)22/h7-13,16,20H,4-6H2,1-3H3,(H2,19,22)(H,21,23)/t11-,12+,13-,16+/m0/s1. The maximum Gasteiger partial charge on any atom is 0.248 e. The fourth-order valence-corrected chi connectivity index (χ4v) is 3.18. The van der Waals surface area contributed by atoms with E-state index in [1.165, 1.54) is 12.8 Å². The van der Waals surface area contributed by atoms with Crippen LogP contribution in [0, 0.1) is 11.8 Å². The Hall–Kier alpha value is -1.88. The molecule has 126 valence electrons. The van der Waals surface area contributed by atoms with Crippen molar-refractivity contribution >= 4 is 17.5 Å². The summed E-state index contributed by atoms with van der Waals surface area (Å²) in [4.78, 5) is 23.4. The van der Waals surface area contributed by atoms with Gasteiger partial charge in [0.2, 0.25) is 11.8 Å². The zero-order valence-corrected chi connectivity index (χ0v) is 14.1. The Kier molecular flexibility index (Phi) is 5.77. The lowest BCUT2D eigenvalue weighted by Crippen LogP contribution is -2.49. The van der Waals surface area contributed by atoms with Crippen molar-refractivity contribution < 1.29 is 9.59 Å². The molecule has 4 atom stereocenters. The van der Waals surface area contributed by atoms with Gasteiger partial charge in [0.15, 0.2) is 0 Å². The molecule has 1 saturated carbocycles. The van der Waals surface area contributed by atoms with Crippen LogP contribution in [0.2, 0.25) is 0 Å². The second kappa shape index (κ2) is 7.59. The van der Waals surface area contributed by atoms with E-state index >= 15 is 0 Å². The monoisotopic (exact) mass is 317 g/mol. The first kappa shape index (κ1) is 17.5. The molecule has 1 aromatic carbocycles. The van der Waals surface area contributed by atoms with Crippen LogP contribution in [0.3, 0.4) is 0 Å². The highest BCUT2D eigenvalue weighted by molar-refractivity contribution is 5.96. The predicted molar refractivity (Wildman–Crippen MR) is 92.2 cm³/mol. The molecule has 4 N–H and O–H groups in total. The summed E-state index contributed by atoms with van der Waals surface area (Å²) in [6.07, 6.45) is 3.61. The van der Waals surface area contributed by atoms with E-state index in [9.17, 15) is 9.59 Å². The quantitative estimate of drug-likeness (QED) is 0.780. The van der Waals surface area contributed by atoms with Crippen LogP contribution < -0.4 is 16.4 Å². The van der Waals surface area contributed by atoms with Crippen LogP contribution in [0.1, 0.15) is 50.4 Å². The summed E-state index contributed by atoms with van der Waals surface area (Å²) in [5.41, 5.74) is 6.30. The molecule has 1 aliphatic carbocycles. The lowest BCUT2D eigenvalue weighted by Gasteiger charge is -2.36. The molecule has 1 fully saturated rings. The first-order valence-corrected chi connectivity index (χ1v) is 8.35. The number of anilines is 1. The fraction of sp³-hybridized carbons (Fsp3) is 0.556. The van der Waals surface area contributed by atoms with Crippen LogP contribution in [0.15, 0.2) is 24.3 Å². The number of nitrogens with two attached hydrogens (primary N) is 1. The minimum absolute atomic E-state index is 0.0674. The lowest BCUT2D eigenvalue weighted by atomic mass is 9.78. The molecule has 2 rings (SSSR count). The van der Waals surface area contributed by atoms with E-state index in [0.29, 0.717) is 29.1 Å². The number of benzene rings is 1. The Balaban J connectivity index is 1.90. The van der Waals surface area contributed by atoms with Gasteiger partial charge in [-0.15, -0.1) is 0 Å². The van der Waals surface area contributed by atoms with Crippen molar-refractivity contribution in [1.82, 2.24) is 5.32 Å². The average Bonchev–Trinajstić information content (AvgIpc) is 2.52. The van der Waals surface area contributed by atoms with Gasteiger partial charge in [-0.05, 0) is 49.4 Å². The van der Waals surface area contributed by atoms with Crippen LogP contribution in [-0.4, -0.2) is 23.9 Å². The molecule has 0 heterocycles. The first-order chi connectivity index (χ1) is 10.9. The third kappa shape index (κ3) is 4.55. The van der Waals surface area contributed by atoms with Crippen molar-refractivity contribution in [2.75, 3.05) is 5.32 Å². The van der Waals surface area contributed by atoms with Crippen LogP contribution >= 0.6 is 0 Å². The Bertz CT molecular complexity index is 556. The van der Waals surface area contributed by atoms with Crippen LogP contribution in [0.25, 0.3) is 0 Å². The molecule has 0 spiro atoms. The Labute approximate surface area is 138 Å². The third-order valence-electron chi connectivity index (χ3n) is 5.00. The van der Waals surface area contributed by atoms with E-state index < -0.39 is 5.91 Å². The minimum Gasteiger partial charge on any atom is -0.366 e. The van der Waals surface area contributed by atoms with E-state index in [1.54, 1.807) is 24.3 Å². The Morgan fingerprint density at radius 3 is 2.43 bits per heavy atom. The zero-order valence-electron chi connectivity index (χ0n) is 14.1. The highest BCUT2D eigenvalue weighted by Crippen LogP contribution is 2.29.